The summed E-state index contributed by atoms with van der Waals surface area (Å²) in [5.41, 5.74) is 7.23. The van der Waals surface area contributed by atoms with Crippen molar-refractivity contribution in [1.29, 1.82) is 0 Å². The maximum Gasteiger partial charge on any atom is 0.0351 e. The van der Waals surface area contributed by atoms with Crippen LogP contribution in [0.4, 0.5) is 0 Å². The number of nitrogens with zero attached hydrogens (tertiary/aromatic N) is 3. The van der Waals surface area contributed by atoms with E-state index in [2.05, 4.69) is 34.8 Å². The molecule has 2 N–H and O–H groups in total. The lowest BCUT2D eigenvalue weighted by Crippen LogP contribution is -2.47. The highest BCUT2D eigenvalue weighted by molar-refractivity contribution is 5.09. The van der Waals surface area contributed by atoms with E-state index in [1.807, 2.05) is 18.5 Å². The highest BCUT2D eigenvalue weighted by atomic mass is 15.3. The van der Waals surface area contributed by atoms with Crippen LogP contribution in [0.3, 0.4) is 0 Å². The first-order valence-electron chi connectivity index (χ1n) is 6.74. The second-order valence-electron chi connectivity index (χ2n) is 5.32. The third kappa shape index (κ3) is 3.28. The van der Waals surface area contributed by atoms with Gasteiger partial charge in [0.25, 0.3) is 0 Å². The second kappa shape index (κ2) is 6.27. The van der Waals surface area contributed by atoms with Gasteiger partial charge < -0.3 is 10.6 Å². The van der Waals surface area contributed by atoms with Crippen molar-refractivity contribution in [3.05, 3.63) is 30.1 Å². The molecule has 2 heterocycles. The molecule has 2 atom stereocenters. The van der Waals surface area contributed by atoms with Gasteiger partial charge in [0.2, 0.25) is 0 Å². The molecule has 0 radical (unpaired) electrons. The van der Waals surface area contributed by atoms with Crippen molar-refractivity contribution < 1.29 is 0 Å². The van der Waals surface area contributed by atoms with E-state index in [9.17, 15) is 0 Å². The van der Waals surface area contributed by atoms with Gasteiger partial charge >= 0.3 is 0 Å². The lowest BCUT2D eigenvalue weighted by Gasteiger charge is -2.34. The summed E-state index contributed by atoms with van der Waals surface area (Å²) in [7, 11) is 2.18. The van der Waals surface area contributed by atoms with E-state index in [1.165, 1.54) is 12.0 Å². The smallest absolute Gasteiger partial charge is 0.0351 e. The van der Waals surface area contributed by atoms with Crippen molar-refractivity contribution in [3.8, 4) is 0 Å². The van der Waals surface area contributed by atoms with E-state index in [4.69, 9.17) is 5.73 Å². The van der Waals surface area contributed by atoms with Gasteiger partial charge in [-0.1, -0.05) is 6.07 Å². The molecule has 4 nitrogen and oxygen atoms in total. The van der Waals surface area contributed by atoms with Crippen molar-refractivity contribution in [1.82, 2.24) is 14.8 Å². The third-order valence-electron chi connectivity index (χ3n) is 3.85. The molecular formula is C14H24N4. The summed E-state index contributed by atoms with van der Waals surface area (Å²) in [5.74, 6) is 0. The molecule has 1 aromatic rings. The Bertz CT molecular complexity index is 354. The Morgan fingerprint density at radius 1 is 1.50 bits per heavy atom. The molecule has 4 heteroatoms. The summed E-state index contributed by atoms with van der Waals surface area (Å²) in [6.45, 7) is 6.18. The first-order valence-corrected chi connectivity index (χ1v) is 6.74. The van der Waals surface area contributed by atoms with Crippen LogP contribution in [-0.2, 0) is 6.54 Å². The van der Waals surface area contributed by atoms with Crippen molar-refractivity contribution in [2.45, 2.75) is 32.0 Å². The van der Waals surface area contributed by atoms with Crippen molar-refractivity contribution >= 4 is 0 Å². The van der Waals surface area contributed by atoms with Crippen LogP contribution in [-0.4, -0.2) is 53.5 Å². The van der Waals surface area contributed by atoms with Gasteiger partial charge in [-0.25, -0.2) is 0 Å². The average molecular weight is 248 g/mol. The minimum Gasteiger partial charge on any atom is -0.329 e. The van der Waals surface area contributed by atoms with E-state index in [1.54, 1.807) is 0 Å². The van der Waals surface area contributed by atoms with E-state index >= 15 is 0 Å². The molecule has 0 bridgehead atoms. The largest absolute Gasteiger partial charge is 0.329 e. The van der Waals surface area contributed by atoms with E-state index < -0.39 is 0 Å². The predicted molar refractivity (Wildman–Crippen MR) is 74.2 cm³/mol. The van der Waals surface area contributed by atoms with Gasteiger partial charge in [-0.05, 0) is 38.6 Å². The molecule has 1 fully saturated rings. The van der Waals surface area contributed by atoms with Crippen LogP contribution in [0.5, 0.6) is 0 Å². The maximum atomic E-state index is 5.96. The van der Waals surface area contributed by atoms with Gasteiger partial charge in [-0.3, -0.25) is 9.88 Å². The van der Waals surface area contributed by atoms with E-state index in [-0.39, 0.29) is 0 Å². The average Bonchev–Trinajstić information content (AvgIpc) is 2.53. The van der Waals surface area contributed by atoms with Crippen LogP contribution in [0.1, 0.15) is 18.9 Å². The zero-order valence-corrected chi connectivity index (χ0v) is 11.4. The zero-order valence-electron chi connectivity index (χ0n) is 11.4. The van der Waals surface area contributed by atoms with Crippen LogP contribution >= 0.6 is 0 Å². The molecule has 0 amide bonds. The summed E-state index contributed by atoms with van der Waals surface area (Å²) < 4.78 is 0. The highest BCUT2D eigenvalue weighted by Crippen LogP contribution is 2.18. The first-order chi connectivity index (χ1) is 8.70. The molecule has 1 aliphatic rings. The Labute approximate surface area is 110 Å². The number of hydrogen-bond acceptors (Lipinski definition) is 4. The Hall–Kier alpha value is -0.970. The van der Waals surface area contributed by atoms with Crippen LogP contribution in [0, 0.1) is 0 Å². The van der Waals surface area contributed by atoms with E-state index in [0.717, 1.165) is 26.2 Å². The molecule has 100 valence electrons. The zero-order chi connectivity index (χ0) is 13.0. The summed E-state index contributed by atoms with van der Waals surface area (Å²) in [6.07, 6.45) is 4.98. The van der Waals surface area contributed by atoms with Crippen LogP contribution in [0.15, 0.2) is 24.5 Å². The van der Waals surface area contributed by atoms with Crippen LogP contribution in [0.2, 0.25) is 0 Å². The number of pyridine rings is 1. The molecule has 0 spiro atoms. The fourth-order valence-electron chi connectivity index (χ4n) is 2.69. The van der Waals surface area contributed by atoms with Crippen molar-refractivity contribution in [2.24, 2.45) is 5.73 Å². The molecule has 18 heavy (non-hydrogen) atoms. The molecule has 0 aromatic carbocycles. The maximum absolute atomic E-state index is 5.96. The number of aromatic nitrogens is 1. The van der Waals surface area contributed by atoms with E-state index in [0.29, 0.717) is 12.1 Å². The monoisotopic (exact) mass is 248 g/mol. The van der Waals surface area contributed by atoms with Crippen molar-refractivity contribution in [2.75, 3.05) is 26.7 Å². The number of likely N-dealkylation sites (N-methyl/N-ethyl adjacent to an activating group) is 1. The summed E-state index contributed by atoms with van der Waals surface area (Å²) in [6, 6.07) is 5.15. The molecule has 1 aromatic heterocycles. The minimum atomic E-state index is 0.438. The molecule has 0 aliphatic carbocycles. The van der Waals surface area contributed by atoms with Gasteiger partial charge in [0, 0.05) is 44.1 Å². The SMILES string of the molecule is CC1CCN(C)CC(CN)N1Cc1cccnc1. The Balaban J connectivity index is 2.11. The summed E-state index contributed by atoms with van der Waals surface area (Å²) in [5, 5.41) is 0. The Morgan fingerprint density at radius 2 is 2.33 bits per heavy atom. The second-order valence-corrected chi connectivity index (χ2v) is 5.32. The Morgan fingerprint density at radius 3 is 3.00 bits per heavy atom. The fourth-order valence-corrected chi connectivity index (χ4v) is 2.69. The van der Waals surface area contributed by atoms with Crippen molar-refractivity contribution in [3.63, 3.8) is 0 Å². The number of hydrogen-bond donors (Lipinski definition) is 1. The molecule has 2 unspecified atom stereocenters. The standard InChI is InChI=1S/C14H24N4/c1-12-5-7-17(2)11-14(8-15)18(12)10-13-4-3-6-16-9-13/h3-4,6,9,12,14H,5,7-8,10-11,15H2,1-2H3. The van der Waals surface area contributed by atoms with Gasteiger partial charge in [0.15, 0.2) is 0 Å². The molecular weight excluding hydrogens is 224 g/mol. The number of rotatable bonds is 3. The quantitative estimate of drug-likeness (QED) is 0.864. The molecule has 1 saturated heterocycles. The van der Waals surface area contributed by atoms with Gasteiger partial charge in [-0.2, -0.15) is 0 Å². The summed E-state index contributed by atoms with van der Waals surface area (Å²) >= 11 is 0. The fraction of sp³-hybridized carbons (Fsp3) is 0.643. The normalized spacial score (nSPS) is 27.1. The molecule has 0 saturated carbocycles. The topological polar surface area (TPSA) is 45.4 Å². The highest BCUT2D eigenvalue weighted by Gasteiger charge is 2.27. The van der Waals surface area contributed by atoms with Gasteiger partial charge in [0.1, 0.15) is 0 Å². The number of nitrogens with two attached hydrogens (primary N) is 1. The summed E-state index contributed by atoms with van der Waals surface area (Å²) in [4.78, 5) is 9.11. The van der Waals surface area contributed by atoms with Gasteiger partial charge in [0.05, 0.1) is 0 Å². The van der Waals surface area contributed by atoms with Crippen LogP contribution in [0.25, 0.3) is 0 Å². The minimum absolute atomic E-state index is 0.438. The lowest BCUT2D eigenvalue weighted by atomic mass is 10.1. The van der Waals surface area contributed by atoms with Gasteiger partial charge in [-0.15, -0.1) is 0 Å². The van der Waals surface area contributed by atoms with Crippen LogP contribution < -0.4 is 5.73 Å². The third-order valence-corrected chi connectivity index (χ3v) is 3.85. The Kier molecular flexibility index (Phi) is 4.69. The predicted octanol–water partition coefficient (Wildman–Crippen LogP) is 0.935. The first kappa shape index (κ1) is 13.5. The lowest BCUT2D eigenvalue weighted by molar-refractivity contribution is 0.139. The molecule has 1 aliphatic heterocycles. The molecule has 2 rings (SSSR count).